The summed E-state index contributed by atoms with van der Waals surface area (Å²) in [7, 11) is 3.09. The Morgan fingerprint density at radius 2 is 2.07 bits per heavy atom. The quantitative estimate of drug-likeness (QED) is 0.671. The van der Waals surface area contributed by atoms with Gasteiger partial charge >= 0.3 is 0 Å². The van der Waals surface area contributed by atoms with Crippen LogP contribution in [0.1, 0.15) is 0 Å². The van der Waals surface area contributed by atoms with Crippen molar-refractivity contribution in [3.05, 3.63) is 18.2 Å². The third kappa shape index (κ3) is 2.63. The highest BCUT2D eigenvalue weighted by atomic mass is 79.9. The first-order valence-corrected chi connectivity index (χ1v) is 4.65. The molecule has 0 aliphatic rings. The Hall–Kier alpha value is -1.23. The number of halogens is 1. The lowest BCUT2D eigenvalue weighted by molar-refractivity contribution is 0.270. The van der Waals surface area contributed by atoms with Gasteiger partial charge in [0, 0.05) is 22.0 Å². The van der Waals surface area contributed by atoms with Gasteiger partial charge in [-0.2, -0.15) is 0 Å². The topological polar surface area (TPSA) is 47.6 Å². The molecular weight excluding hydrogens is 250 g/mol. The first-order valence-electron chi connectivity index (χ1n) is 3.86. The van der Waals surface area contributed by atoms with Crippen molar-refractivity contribution in [3.8, 4) is 11.5 Å². The van der Waals surface area contributed by atoms with Crippen LogP contribution in [0.3, 0.4) is 0 Å². The SMILES string of the molecule is COc1ccc(NC(=O)Br)c(OC)c1. The highest BCUT2D eigenvalue weighted by Gasteiger charge is 2.06. The van der Waals surface area contributed by atoms with E-state index in [0.29, 0.717) is 17.2 Å². The van der Waals surface area contributed by atoms with Crippen molar-refractivity contribution in [1.82, 2.24) is 0 Å². The molecule has 0 aliphatic heterocycles. The highest BCUT2D eigenvalue weighted by molar-refractivity contribution is 9.18. The van der Waals surface area contributed by atoms with E-state index in [1.165, 1.54) is 7.11 Å². The fourth-order valence-electron chi connectivity index (χ4n) is 1.01. The first-order chi connectivity index (χ1) is 6.67. The second-order valence-corrected chi connectivity index (χ2v) is 3.19. The largest absolute Gasteiger partial charge is 0.497 e. The minimum absolute atomic E-state index is 0.319. The van der Waals surface area contributed by atoms with Gasteiger partial charge in [0.25, 0.3) is 4.82 Å². The van der Waals surface area contributed by atoms with Crippen molar-refractivity contribution < 1.29 is 14.3 Å². The smallest absolute Gasteiger partial charge is 0.291 e. The van der Waals surface area contributed by atoms with Crippen LogP contribution < -0.4 is 14.8 Å². The minimum atomic E-state index is -0.319. The molecule has 1 aromatic carbocycles. The number of anilines is 1. The zero-order chi connectivity index (χ0) is 10.6. The number of carbonyl (C=O) groups is 1. The van der Waals surface area contributed by atoms with E-state index in [4.69, 9.17) is 9.47 Å². The molecule has 1 aromatic rings. The number of hydrogen-bond acceptors (Lipinski definition) is 3. The van der Waals surface area contributed by atoms with E-state index < -0.39 is 0 Å². The number of amides is 1. The fraction of sp³-hybridized carbons (Fsp3) is 0.222. The minimum Gasteiger partial charge on any atom is -0.497 e. The summed E-state index contributed by atoms with van der Waals surface area (Å²) in [6.45, 7) is 0. The van der Waals surface area contributed by atoms with Crippen LogP contribution in [0.4, 0.5) is 10.5 Å². The van der Waals surface area contributed by atoms with Gasteiger partial charge in [-0.3, -0.25) is 4.79 Å². The molecule has 0 bridgehead atoms. The molecule has 0 spiro atoms. The summed E-state index contributed by atoms with van der Waals surface area (Å²) in [6.07, 6.45) is 0. The first kappa shape index (κ1) is 10.8. The average Bonchev–Trinajstić information content (AvgIpc) is 2.17. The Kier molecular flexibility index (Phi) is 3.76. The van der Waals surface area contributed by atoms with Crippen LogP contribution in [0.2, 0.25) is 0 Å². The van der Waals surface area contributed by atoms with E-state index in [1.54, 1.807) is 25.3 Å². The normalized spacial score (nSPS) is 9.36. The molecule has 0 radical (unpaired) electrons. The van der Waals surface area contributed by atoms with E-state index >= 15 is 0 Å². The van der Waals surface area contributed by atoms with Crippen LogP contribution >= 0.6 is 15.9 Å². The van der Waals surface area contributed by atoms with E-state index in [0.717, 1.165) is 0 Å². The summed E-state index contributed by atoms with van der Waals surface area (Å²) in [6, 6.07) is 5.13. The Morgan fingerprint density at radius 1 is 1.36 bits per heavy atom. The van der Waals surface area contributed by atoms with Gasteiger partial charge in [-0.05, 0) is 12.1 Å². The van der Waals surface area contributed by atoms with E-state index in [1.807, 2.05) is 0 Å². The molecule has 0 saturated carbocycles. The zero-order valence-electron chi connectivity index (χ0n) is 7.83. The lowest BCUT2D eigenvalue weighted by Crippen LogP contribution is -2.02. The molecule has 0 aliphatic carbocycles. The second kappa shape index (κ2) is 4.85. The number of carbonyl (C=O) groups excluding carboxylic acids is 1. The van der Waals surface area contributed by atoms with Gasteiger partial charge in [0.1, 0.15) is 11.5 Å². The fourth-order valence-corrected chi connectivity index (χ4v) is 1.22. The van der Waals surface area contributed by atoms with Gasteiger partial charge in [0.2, 0.25) is 0 Å². The summed E-state index contributed by atoms with van der Waals surface area (Å²) in [5.74, 6) is 1.23. The van der Waals surface area contributed by atoms with Crippen LogP contribution in [0.5, 0.6) is 11.5 Å². The van der Waals surface area contributed by atoms with Gasteiger partial charge in [-0.1, -0.05) is 0 Å². The van der Waals surface area contributed by atoms with Gasteiger partial charge < -0.3 is 14.8 Å². The van der Waals surface area contributed by atoms with E-state index in [9.17, 15) is 4.79 Å². The summed E-state index contributed by atoms with van der Waals surface area (Å²) in [5, 5.41) is 2.57. The molecule has 5 heteroatoms. The molecule has 1 amide bonds. The predicted octanol–water partition coefficient (Wildman–Crippen LogP) is 2.63. The van der Waals surface area contributed by atoms with Crippen LogP contribution in [0, 0.1) is 0 Å². The Morgan fingerprint density at radius 3 is 2.57 bits per heavy atom. The highest BCUT2D eigenvalue weighted by Crippen LogP contribution is 2.29. The van der Waals surface area contributed by atoms with Gasteiger partial charge in [-0.25, -0.2) is 0 Å². The molecular formula is C9H10BrNO3. The summed E-state index contributed by atoms with van der Waals surface area (Å²) in [4.78, 5) is 10.4. The maximum absolute atomic E-state index is 10.8. The molecule has 14 heavy (non-hydrogen) atoms. The second-order valence-electron chi connectivity index (χ2n) is 2.46. The van der Waals surface area contributed by atoms with Crippen LogP contribution in [0.25, 0.3) is 0 Å². The molecule has 0 atom stereocenters. The van der Waals surface area contributed by atoms with Crippen LogP contribution in [-0.4, -0.2) is 19.0 Å². The maximum atomic E-state index is 10.8. The molecule has 76 valence electrons. The summed E-state index contributed by atoms with van der Waals surface area (Å²) in [5.41, 5.74) is 0.593. The third-order valence-electron chi connectivity index (χ3n) is 1.64. The number of rotatable bonds is 3. The van der Waals surface area contributed by atoms with Gasteiger partial charge in [0.15, 0.2) is 0 Å². The number of hydrogen-bond donors (Lipinski definition) is 1. The van der Waals surface area contributed by atoms with E-state index in [-0.39, 0.29) is 4.82 Å². The van der Waals surface area contributed by atoms with Crippen molar-refractivity contribution in [2.24, 2.45) is 0 Å². The molecule has 0 saturated heterocycles. The summed E-state index contributed by atoms with van der Waals surface area (Å²) < 4.78 is 10.1. The molecule has 1 N–H and O–H groups in total. The predicted molar refractivity (Wildman–Crippen MR) is 57.5 cm³/mol. The molecule has 0 fully saturated rings. The summed E-state index contributed by atoms with van der Waals surface area (Å²) >= 11 is 2.77. The van der Waals surface area contributed by atoms with Gasteiger partial charge in [0.05, 0.1) is 19.9 Å². The van der Waals surface area contributed by atoms with Crippen molar-refractivity contribution in [2.75, 3.05) is 19.5 Å². The van der Waals surface area contributed by atoms with Gasteiger partial charge in [-0.15, -0.1) is 0 Å². The molecule has 4 nitrogen and oxygen atoms in total. The van der Waals surface area contributed by atoms with E-state index in [2.05, 4.69) is 21.2 Å². The number of nitrogens with one attached hydrogen (secondary N) is 1. The standard InChI is InChI=1S/C9H10BrNO3/c1-13-6-3-4-7(11-9(10)12)8(5-6)14-2/h3-5H,1-2H3,(H,11,12). The Balaban J connectivity index is 2.98. The molecule has 0 unspecified atom stereocenters. The molecule has 1 rings (SSSR count). The van der Waals surface area contributed by atoms with Crippen molar-refractivity contribution >= 4 is 26.4 Å². The van der Waals surface area contributed by atoms with Crippen LogP contribution in [-0.2, 0) is 0 Å². The van der Waals surface area contributed by atoms with Crippen LogP contribution in [0.15, 0.2) is 18.2 Å². The van der Waals surface area contributed by atoms with Crippen molar-refractivity contribution in [2.45, 2.75) is 0 Å². The molecule has 0 aromatic heterocycles. The third-order valence-corrected chi connectivity index (χ3v) is 1.84. The van der Waals surface area contributed by atoms with Crippen molar-refractivity contribution in [3.63, 3.8) is 0 Å². The number of methoxy groups -OCH3 is 2. The lowest BCUT2D eigenvalue weighted by Gasteiger charge is -2.09. The maximum Gasteiger partial charge on any atom is 0.291 e. The number of ether oxygens (including phenoxy) is 2. The number of benzene rings is 1. The Labute approximate surface area is 90.3 Å². The lowest BCUT2D eigenvalue weighted by atomic mass is 10.3. The molecule has 0 heterocycles. The zero-order valence-corrected chi connectivity index (χ0v) is 9.42. The Bertz CT molecular complexity index is 341. The average molecular weight is 260 g/mol. The monoisotopic (exact) mass is 259 g/mol. The van der Waals surface area contributed by atoms with Crippen molar-refractivity contribution in [1.29, 1.82) is 0 Å².